The molecule has 3 nitrogen and oxygen atoms in total. The monoisotopic (exact) mass is 404 g/mol. The van der Waals surface area contributed by atoms with Crippen molar-refractivity contribution in [3.8, 4) is 0 Å². The molecule has 1 aliphatic rings. The fraction of sp³-hybridized carbons (Fsp3) is 0.280. The van der Waals surface area contributed by atoms with Crippen LogP contribution in [-0.2, 0) is 17.3 Å². The highest BCUT2D eigenvalue weighted by molar-refractivity contribution is 7.85. The topological polar surface area (TPSA) is 32.3 Å². The van der Waals surface area contributed by atoms with Gasteiger partial charge in [-0.1, -0.05) is 42.5 Å². The lowest BCUT2D eigenvalue weighted by Crippen LogP contribution is -2.28. The first-order valence-corrected chi connectivity index (χ1v) is 11.4. The summed E-state index contributed by atoms with van der Waals surface area (Å²) in [5.74, 6) is 0. The number of para-hydroxylation sites is 1. The van der Waals surface area contributed by atoms with E-state index in [2.05, 4.69) is 67.4 Å². The lowest BCUT2D eigenvalue weighted by Gasteiger charge is -2.34. The second-order valence-corrected chi connectivity index (χ2v) is 9.12. The van der Waals surface area contributed by atoms with Gasteiger partial charge in [0.2, 0.25) is 0 Å². The van der Waals surface area contributed by atoms with Crippen molar-refractivity contribution in [3.63, 3.8) is 0 Å². The first-order chi connectivity index (χ1) is 14.1. The first-order valence-electron chi connectivity index (χ1n) is 10.2. The summed E-state index contributed by atoms with van der Waals surface area (Å²) in [5, 5.41) is 3.58. The van der Waals surface area contributed by atoms with Crippen LogP contribution in [0.3, 0.4) is 0 Å². The second kappa shape index (κ2) is 8.52. The van der Waals surface area contributed by atoms with E-state index in [9.17, 15) is 4.21 Å². The third-order valence-corrected chi connectivity index (χ3v) is 7.28. The summed E-state index contributed by atoms with van der Waals surface area (Å²) in [6.07, 6.45) is 1.01. The number of anilines is 2. The van der Waals surface area contributed by atoms with Gasteiger partial charge in [-0.3, -0.25) is 0 Å². The van der Waals surface area contributed by atoms with Crippen LogP contribution in [0.2, 0.25) is 0 Å². The zero-order valence-corrected chi connectivity index (χ0v) is 18.2. The highest BCUT2D eigenvalue weighted by atomic mass is 32.2. The normalized spacial score (nSPS) is 15.1. The minimum absolute atomic E-state index is 0.891. The van der Waals surface area contributed by atoms with Crippen LogP contribution in [0.15, 0.2) is 70.5 Å². The number of fused-ring (bicyclic) bond motifs is 2. The molecule has 0 fully saturated rings. The van der Waals surface area contributed by atoms with Gasteiger partial charge >= 0.3 is 0 Å². The Bertz CT molecular complexity index is 1060. The maximum absolute atomic E-state index is 13.2. The standard InChI is InChI=1S/C25H28N2OS/c1-18-13-14-24-25(20(18)3)27(22-11-6-7-12-23(22)29(24)28)16-8-15-26-17-21-10-5-4-9-19(21)2/h4-7,9-14,26H,8,15-17H2,1-3H3. The zero-order chi connectivity index (χ0) is 20.4. The quantitative estimate of drug-likeness (QED) is 0.558. The molecule has 0 aliphatic carbocycles. The van der Waals surface area contributed by atoms with Crippen molar-refractivity contribution in [1.82, 2.24) is 5.32 Å². The molecule has 0 aromatic heterocycles. The van der Waals surface area contributed by atoms with Gasteiger partial charge in [-0.25, -0.2) is 4.21 Å². The molecule has 150 valence electrons. The van der Waals surface area contributed by atoms with Gasteiger partial charge < -0.3 is 10.2 Å². The second-order valence-electron chi connectivity index (χ2n) is 7.70. The Morgan fingerprint density at radius 2 is 1.62 bits per heavy atom. The number of aryl methyl sites for hydroxylation is 2. The minimum Gasteiger partial charge on any atom is -0.339 e. The van der Waals surface area contributed by atoms with Gasteiger partial charge in [-0.05, 0) is 74.2 Å². The van der Waals surface area contributed by atoms with Crippen LogP contribution in [0.4, 0.5) is 11.4 Å². The van der Waals surface area contributed by atoms with Gasteiger partial charge in [-0.15, -0.1) is 0 Å². The van der Waals surface area contributed by atoms with E-state index in [1.807, 2.05) is 24.3 Å². The minimum atomic E-state index is -1.12. The Morgan fingerprint density at radius 1 is 0.862 bits per heavy atom. The first kappa shape index (κ1) is 19.9. The van der Waals surface area contributed by atoms with Crippen LogP contribution in [0.25, 0.3) is 0 Å². The maximum Gasteiger partial charge on any atom is 0.0892 e. The summed E-state index contributed by atoms with van der Waals surface area (Å²) in [7, 11) is -1.12. The molecule has 0 saturated carbocycles. The molecule has 0 radical (unpaired) electrons. The van der Waals surface area contributed by atoms with E-state index in [-0.39, 0.29) is 0 Å². The number of nitrogens with one attached hydrogen (secondary N) is 1. The predicted molar refractivity (Wildman–Crippen MR) is 122 cm³/mol. The number of nitrogens with zero attached hydrogens (tertiary/aromatic N) is 1. The molecular weight excluding hydrogens is 376 g/mol. The largest absolute Gasteiger partial charge is 0.339 e. The van der Waals surface area contributed by atoms with E-state index < -0.39 is 10.8 Å². The molecule has 0 saturated heterocycles. The summed E-state index contributed by atoms with van der Waals surface area (Å²) < 4.78 is 13.2. The maximum atomic E-state index is 13.2. The molecule has 3 aromatic carbocycles. The summed E-state index contributed by atoms with van der Waals surface area (Å²) in [5.41, 5.74) is 7.34. The zero-order valence-electron chi connectivity index (χ0n) is 17.4. The Labute approximate surface area is 176 Å². The third kappa shape index (κ3) is 3.87. The van der Waals surface area contributed by atoms with E-state index in [1.165, 1.54) is 22.3 Å². The van der Waals surface area contributed by atoms with Gasteiger partial charge in [0.1, 0.15) is 0 Å². The molecule has 3 aromatic rings. The lowest BCUT2D eigenvalue weighted by molar-refractivity contribution is 0.645. The molecule has 4 rings (SSSR count). The van der Waals surface area contributed by atoms with Crippen LogP contribution >= 0.6 is 0 Å². The van der Waals surface area contributed by atoms with Crippen molar-refractivity contribution in [2.24, 2.45) is 0 Å². The van der Waals surface area contributed by atoms with Gasteiger partial charge in [0.25, 0.3) is 0 Å². The molecule has 1 aliphatic heterocycles. The number of hydrogen-bond acceptors (Lipinski definition) is 3. The van der Waals surface area contributed by atoms with Crippen molar-refractivity contribution >= 4 is 22.2 Å². The van der Waals surface area contributed by atoms with Crippen LogP contribution in [0.1, 0.15) is 28.7 Å². The Balaban J connectivity index is 1.51. The van der Waals surface area contributed by atoms with Gasteiger partial charge in [0, 0.05) is 13.1 Å². The molecule has 1 unspecified atom stereocenters. The SMILES string of the molecule is Cc1ccccc1CNCCCN1c2ccccc2S(=O)c2ccc(C)c(C)c21. The molecular formula is C25H28N2OS. The van der Waals surface area contributed by atoms with Gasteiger partial charge in [-0.2, -0.15) is 0 Å². The molecule has 1 heterocycles. The third-order valence-electron chi connectivity index (χ3n) is 5.80. The van der Waals surface area contributed by atoms with E-state index in [0.717, 1.165) is 47.2 Å². The molecule has 1 N–H and O–H groups in total. The molecule has 0 spiro atoms. The molecule has 1 atom stereocenters. The molecule has 0 amide bonds. The fourth-order valence-electron chi connectivity index (χ4n) is 3.96. The van der Waals surface area contributed by atoms with Crippen LogP contribution < -0.4 is 10.2 Å². The van der Waals surface area contributed by atoms with Gasteiger partial charge in [0.05, 0.1) is 32.0 Å². The number of benzene rings is 3. The Hall–Kier alpha value is -2.43. The van der Waals surface area contributed by atoms with Crippen molar-refractivity contribution in [2.45, 2.75) is 43.5 Å². The van der Waals surface area contributed by atoms with Gasteiger partial charge in [0.15, 0.2) is 0 Å². The van der Waals surface area contributed by atoms with Crippen molar-refractivity contribution in [2.75, 3.05) is 18.0 Å². The van der Waals surface area contributed by atoms with Crippen molar-refractivity contribution < 1.29 is 4.21 Å². The highest BCUT2D eigenvalue weighted by Crippen LogP contribution is 2.44. The summed E-state index contributed by atoms with van der Waals surface area (Å²) in [4.78, 5) is 4.21. The lowest BCUT2D eigenvalue weighted by atomic mass is 10.1. The molecule has 0 bridgehead atoms. The smallest absolute Gasteiger partial charge is 0.0892 e. The predicted octanol–water partition coefficient (Wildman–Crippen LogP) is 5.41. The average Bonchev–Trinajstić information content (AvgIpc) is 2.73. The van der Waals surface area contributed by atoms with E-state index >= 15 is 0 Å². The summed E-state index contributed by atoms with van der Waals surface area (Å²) >= 11 is 0. The summed E-state index contributed by atoms with van der Waals surface area (Å²) in [6, 6.07) is 20.7. The summed E-state index contributed by atoms with van der Waals surface area (Å²) in [6.45, 7) is 9.15. The number of rotatable bonds is 6. The molecule has 4 heteroatoms. The van der Waals surface area contributed by atoms with E-state index in [1.54, 1.807) is 0 Å². The van der Waals surface area contributed by atoms with Crippen LogP contribution in [0.5, 0.6) is 0 Å². The highest BCUT2D eigenvalue weighted by Gasteiger charge is 2.29. The van der Waals surface area contributed by atoms with Crippen molar-refractivity contribution in [1.29, 1.82) is 0 Å². The number of hydrogen-bond donors (Lipinski definition) is 1. The van der Waals surface area contributed by atoms with E-state index in [4.69, 9.17) is 0 Å². The van der Waals surface area contributed by atoms with Crippen LogP contribution in [-0.4, -0.2) is 17.3 Å². The average molecular weight is 405 g/mol. The van der Waals surface area contributed by atoms with Crippen LogP contribution in [0, 0.1) is 20.8 Å². The Morgan fingerprint density at radius 3 is 2.45 bits per heavy atom. The molecule has 29 heavy (non-hydrogen) atoms. The van der Waals surface area contributed by atoms with E-state index in [0.29, 0.717) is 0 Å². The van der Waals surface area contributed by atoms with Crippen molar-refractivity contribution in [3.05, 3.63) is 82.9 Å². The Kier molecular flexibility index (Phi) is 5.84. The fourth-order valence-corrected chi connectivity index (χ4v) is 5.40.